The molecule has 2 heterocycles. The van der Waals surface area contributed by atoms with Gasteiger partial charge in [0.15, 0.2) is 0 Å². The van der Waals surface area contributed by atoms with Crippen LogP contribution in [0.5, 0.6) is 5.75 Å². The molecule has 1 aromatic heterocycles. The number of nitrogens with zero attached hydrogens (tertiary/aromatic N) is 2. The lowest BCUT2D eigenvalue weighted by molar-refractivity contribution is 0.205. The van der Waals surface area contributed by atoms with Gasteiger partial charge in [0.2, 0.25) is 0 Å². The first kappa shape index (κ1) is 12.5. The van der Waals surface area contributed by atoms with Gasteiger partial charge in [0.25, 0.3) is 0 Å². The first-order chi connectivity index (χ1) is 9.76. The van der Waals surface area contributed by atoms with E-state index in [2.05, 4.69) is 15.3 Å². The van der Waals surface area contributed by atoms with Crippen molar-refractivity contribution in [2.45, 2.75) is 13.0 Å². The quantitative estimate of drug-likeness (QED) is 0.878. The van der Waals surface area contributed by atoms with Crippen molar-refractivity contribution in [3.8, 4) is 5.75 Å². The molecule has 20 heavy (non-hydrogen) atoms. The molecule has 2 N–H and O–H groups in total. The SMILES string of the molecule is COc1cccc(NC(=O)N2CCc3nc[nH]c3C2)c1. The first-order valence-electron chi connectivity index (χ1n) is 6.47. The fourth-order valence-corrected chi connectivity index (χ4v) is 2.29. The minimum atomic E-state index is -0.112. The maximum Gasteiger partial charge on any atom is 0.322 e. The summed E-state index contributed by atoms with van der Waals surface area (Å²) in [5, 5.41) is 2.88. The number of hydrogen-bond donors (Lipinski definition) is 2. The molecule has 0 fully saturated rings. The van der Waals surface area contributed by atoms with E-state index in [4.69, 9.17) is 4.74 Å². The normalized spacial score (nSPS) is 13.8. The number of urea groups is 1. The van der Waals surface area contributed by atoms with Gasteiger partial charge in [-0.25, -0.2) is 9.78 Å². The Labute approximate surface area is 116 Å². The number of aromatic nitrogens is 2. The molecule has 0 aliphatic carbocycles. The number of ether oxygens (including phenoxy) is 1. The number of nitrogens with one attached hydrogen (secondary N) is 2. The number of methoxy groups -OCH3 is 1. The summed E-state index contributed by atoms with van der Waals surface area (Å²) in [6.07, 6.45) is 2.46. The molecule has 2 aromatic rings. The zero-order valence-electron chi connectivity index (χ0n) is 11.2. The Bertz CT molecular complexity index is 623. The number of anilines is 1. The van der Waals surface area contributed by atoms with Crippen molar-refractivity contribution in [2.75, 3.05) is 19.0 Å². The second-order valence-corrected chi connectivity index (χ2v) is 4.66. The molecule has 6 heteroatoms. The van der Waals surface area contributed by atoms with Crippen LogP contribution in [-0.4, -0.2) is 34.6 Å². The van der Waals surface area contributed by atoms with Crippen LogP contribution in [0.3, 0.4) is 0 Å². The second-order valence-electron chi connectivity index (χ2n) is 4.66. The van der Waals surface area contributed by atoms with Crippen LogP contribution in [0.25, 0.3) is 0 Å². The standard InChI is InChI=1S/C14H16N4O2/c1-20-11-4-2-3-10(7-11)17-14(19)18-6-5-12-13(8-18)16-9-15-12/h2-4,7,9H,5-6,8H2,1H3,(H,15,16)(H,17,19). The summed E-state index contributed by atoms with van der Waals surface area (Å²) in [6.45, 7) is 1.23. The fraction of sp³-hybridized carbons (Fsp3) is 0.286. The van der Waals surface area contributed by atoms with Gasteiger partial charge in [0.1, 0.15) is 5.75 Å². The number of hydrogen-bond acceptors (Lipinski definition) is 3. The molecule has 1 aliphatic rings. The number of benzene rings is 1. The molecule has 0 saturated heterocycles. The van der Waals surface area contributed by atoms with Gasteiger partial charge in [0, 0.05) is 24.7 Å². The van der Waals surface area contributed by atoms with Gasteiger partial charge in [-0.15, -0.1) is 0 Å². The Morgan fingerprint density at radius 3 is 3.25 bits per heavy atom. The second kappa shape index (κ2) is 5.24. The number of H-pyrrole nitrogens is 1. The molecular formula is C14H16N4O2. The van der Waals surface area contributed by atoms with Crippen LogP contribution in [0.15, 0.2) is 30.6 Å². The van der Waals surface area contributed by atoms with E-state index < -0.39 is 0 Å². The highest BCUT2D eigenvalue weighted by molar-refractivity contribution is 5.89. The number of rotatable bonds is 2. The van der Waals surface area contributed by atoms with Crippen molar-refractivity contribution >= 4 is 11.7 Å². The van der Waals surface area contributed by atoms with E-state index in [0.29, 0.717) is 13.1 Å². The molecule has 0 radical (unpaired) electrons. The summed E-state index contributed by atoms with van der Waals surface area (Å²) in [5.41, 5.74) is 2.79. The molecule has 0 unspecified atom stereocenters. The molecule has 2 amide bonds. The highest BCUT2D eigenvalue weighted by Crippen LogP contribution is 2.19. The third kappa shape index (κ3) is 2.45. The Hall–Kier alpha value is -2.50. The van der Waals surface area contributed by atoms with Crippen molar-refractivity contribution in [1.82, 2.24) is 14.9 Å². The monoisotopic (exact) mass is 272 g/mol. The summed E-state index contributed by atoms with van der Waals surface area (Å²) >= 11 is 0. The van der Waals surface area contributed by atoms with Crippen molar-refractivity contribution in [2.24, 2.45) is 0 Å². The summed E-state index contributed by atoms with van der Waals surface area (Å²) in [5.74, 6) is 0.720. The van der Waals surface area contributed by atoms with Gasteiger partial charge >= 0.3 is 6.03 Å². The maximum atomic E-state index is 12.2. The Balaban J connectivity index is 1.68. The zero-order valence-corrected chi connectivity index (χ0v) is 11.2. The molecule has 0 spiro atoms. The van der Waals surface area contributed by atoms with E-state index in [0.717, 1.165) is 29.2 Å². The third-order valence-electron chi connectivity index (χ3n) is 3.38. The lowest BCUT2D eigenvalue weighted by atomic mass is 10.1. The summed E-state index contributed by atoms with van der Waals surface area (Å²) < 4.78 is 5.14. The molecule has 0 saturated carbocycles. The molecule has 1 aliphatic heterocycles. The van der Waals surface area contributed by atoms with Crippen LogP contribution in [0.1, 0.15) is 11.4 Å². The fourth-order valence-electron chi connectivity index (χ4n) is 2.29. The highest BCUT2D eigenvalue weighted by Gasteiger charge is 2.22. The van der Waals surface area contributed by atoms with E-state index in [9.17, 15) is 4.79 Å². The lowest BCUT2D eigenvalue weighted by Gasteiger charge is -2.26. The molecule has 104 valence electrons. The molecular weight excluding hydrogens is 256 g/mol. The predicted octanol–water partition coefficient (Wildman–Crippen LogP) is 2.01. The Morgan fingerprint density at radius 2 is 2.40 bits per heavy atom. The number of imidazole rings is 1. The number of fused-ring (bicyclic) bond motifs is 1. The largest absolute Gasteiger partial charge is 0.497 e. The molecule has 0 atom stereocenters. The van der Waals surface area contributed by atoms with Gasteiger partial charge in [-0.1, -0.05) is 6.07 Å². The van der Waals surface area contributed by atoms with Crippen LogP contribution in [0.4, 0.5) is 10.5 Å². The van der Waals surface area contributed by atoms with Crippen molar-refractivity contribution in [3.05, 3.63) is 42.0 Å². The lowest BCUT2D eigenvalue weighted by Crippen LogP contribution is -2.38. The van der Waals surface area contributed by atoms with Gasteiger partial charge in [-0.05, 0) is 12.1 Å². The van der Waals surface area contributed by atoms with Crippen LogP contribution in [-0.2, 0) is 13.0 Å². The zero-order chi connectivity index (χ0) is 13.9. The number of carbonyl (C=O) groups excluding carboxylic acids is 1. The van der Waals surface area contributed by atoms with Gasteiger partial charge in [-0.3, -0.25) is 0 Å². The van der Waals surface area contributed by atoms with E-state index in [1.165, 1.54) is 0 Å². The minimum absolute atomic E-state index is 0.112. The van der Waals surface area contributed by atoms with E-state index in [1.54, 1.807) is 24.4 Å². The average molecular weight is 272 g/mol. The highest BCUT2D eigenvalue weighted by atomic mass is 16.5. The maximum absolute atomic E-state index is 12.2. The molecule has 1 aromatic carbocycles. The predicted molar refractivity (Wildman–Crippen MR) is 74.7 cm³/mol. The van der Waals surface area contributed by atoms with Crippen LogP contribution < -0.4 is 10.1 Å². The van der Waals surface area contributed by atoms with Crippen LogP contribution in [0.2, 0.25) is 0 Å². The Kier molecular flexibility index (Phi) is 3.28. The number of carbonyl (C=O) groups is 1. The van der Waals surface area contributed by atoms with E-state index in [1.807, 2.05) is 18.2 Å². The van der Waals surface area contributed by atoms with E-state index >= 15 is 0 Å². The first-order valence-corrected chi connectivity index (χ1v) is 6.47. The molecule has 6 nitrogen and oxygen atoms in total. The molecule has 3 rings (SSSR count). The van der Waals surface area contributed by atoms with Gasteiger partial charge in [-0.2, -0.15) is 0 Å². The molecule has 0 bridgehead atoms. The van der Waals surface area contributed by atoms with Crippen molar-refractivity contribution < 1.29 is 9.53 Å². The van der Waals surface area contributed by atoms with Gasteiger partial charge < -0.3 is 19.9 Å². The summed E-state index contributed by atoms with van der Waals surface area (Å²) in [7, 11) is 1.60. The van der Waals surface area contributed by atoms with E-state index in [-0.39, 0.29) is 6.03 Å². The smallest absolute Gasteiger partial charge is 0.322 e. The average Bonchev–Trinajstić information content (AvgIpc) is 2.94. The van der Waals surface area contributed by atoms with Crippen LogP contribution in [0, 0.1) is 0 Å². The number of aromatic amines is 1. The van der Waals surface area contributed by atoms with Crippen molar-refractivity contribution in [1.29, 1.82) is 0 Å². The summed E-state index contributed by atoms with van der Waals surface area (Å²) in [4.78, 5) is 21.3. The number of amides is 2. The third-order valence-corrected chi connectivity index (χ3v) is 3.38. The topological polar surface area (TPSA) is 70.2 Å². The minimum Gasteiger partial charge on any atom is -0.497 e. The van der Waals surface area contributed by atoms with Crippen molar-refractivity contribution in [3.63, 3.8) is 0 Å². The summed E-state index contributed by atoms with van der Waals surface area (Å²) in [6, 6.07) is 7.21. The van der Waals surface area contributed by atoms with Gasteiger partial charge in [0.05, 0.1) is 31.4 Å². The Morgan fingerprint density at radius 1 is 1.50 bits per heavy atom. The van der Waals surface area contributed by atoms with Crippen LogP contribution >= 0.6 is 0 Å².